The molecule has 8 heteroatoms. The first-order chi connectivity index (χ1) is 11.9. The molecule has 0 aliphatic carbocycles. The van der Waals surface area contributed by atoms with Gasteiger partial charge in [-0.1, -0.05) is 48.9 Å². The first-order valence-corrected chi connectivity index (χ1v) is 8.72. The monoisotopic (exact) mass is 362 g/mol. The van der Waals surface area contributed by atoms with Crippen molar-refractivity contribution in [1.82, 2.24) is 15.5 Å². The van der Waals surface area contributed by atoms with Crippen molar-refractivity contribution in [3.05, 3.63) is 29.8 Å². The van der Waals surface area contributed by atoms with E-state index in [0.29, 0.717) is 5.13 Å². The third-order valence-electron chi connectivity index (χ3n) is 3.46. The topological polar surface area (TPSA) is 93.2 Å². The lowest BCUT2D eigenvalue weighted by Crippen LogP contribution is -2.48. The number of hydrogen-bond donors (Lipinski definition) is 2. The molecule has 0 saturated carbocycles. The zero-order valence-corrected chi connectivity index (χ0v) is 15.5. The van der Waals surface area contributed by atoms with Gasteiger partial charge in [0.1, 0.15) is 17.7 Å². The highest BCUT2D eigenvalue weighted by molar-refractivity contribution is 7.18. The average molecular weight is 362 g/mol. The number of nitrogens with one attached hydrogen (secondary N) is 2. The summed E-state index contributed by atoms with van der Waals surface area (Å²) in [4.78, 5) is 24.2. The van der Waals surface area contributed by atoms with Crippen LogP contribution >= 0.6 is 11.3 Å². The lowest BCUT2D eigenvalue weighted by Gasteiger charge is -2.20. The number of anilines is 1. The maximum Gasteiger partial charge on any atom is 0.249 e. The van der Waals surface area contributed by atoms with Crippen molar-refractivity contribution in [2.45, 2.75) is 26.8 Å². The Hall–Kier alpha value is -2.32. The molecule has 25 heavy (non-hydrogen) atoms. The second kappa shape index (κ2) is 8.68. The molecule has 0 radical (unpaired) electrons. The number of carbonyl (C=O) groups is 2. The molecule has 2 amide bonds. The molecule has 0 aliphatic rings. The van der Waals surface area contributed by atoms with E-state index in [4.69, 9.17) is 4.74 Å². The van der Waals surface area contributed by atoms with Crippen LogP contribution in [0.15, 0.2) is 24.3 Å². The first-order valence-electron chi connectivity index (χ1n) is 7.90. The van der Waals surface area contributed by atoms with Gasteiger partial charge in [0.25, 0.3) is 0 Å². The summed E-state index contributed by atoms with van der Waals surface area (Å²) in [7, 11) is 1.43. The average Bonchev–Trinajstić information content (AvgIpc) is 3.01. The quantitative estimate of drug-likeness (QED) is 0.788. The molecule has 1 atom stereocenters. The van der Waals surface area contributed by atoms with Gasteiger partial charge in [-0.25, -0.2) is 0 Å². The molecular formula is C17H22N4O3S. The van der Waals surface area contributed by atoms with E-state index in [-0.39, 0.29) is 24.3 Å². The fraction of sp³-hybridized carbons (Fsp3) is 0.412. The fourth-order valence-electron chi connectivity index (χ4n) is 2.23. The molecule has 134 valence electrons. The predicted molar refractivity (Wildman–Crippen MR) is 97.4 cm³/mol. The molecular weight excluding hydrogens is 340 g/mol. The number of carbonyl (C=O) groups excluding carboxylic acids is 2. The second-order valence-corrected chi connectivity index (χ2v) is 6.97. The van der Waals surface area contributed by atoms with Crippen LogP contribution in [0.3, 0.4) is 0 Å². The summed E-state index contributed by atoms with van der Waals surface area (Å²) in [5.74, 6) is -0.745. The predicted octanol–water partition coefficient (Wildman–Crippen LogP) is 2.24. The summed E-state index contributed by atoms with van der Waals surface area (Å²) in [5.41, 5.74) is 2.07. The van der Waals surface area contributed by atoms with E-state index >= 15 is 0 Å². The number of aryl methyl sites for hydroxylation is 1. The Morgan fingerprint density at radius 3 is 2.68 bits per heavy atom. The molecule has 0 unspecified atom stereocenters. The number of benzene rings is 1. The normalized spacial score (nSPS) is 12.0. The lowest BCUT2D eigenvalue weighted by molar-refractivity contribution is -0.129. The first kappa shape index (κ1) is 19.0. The van der Waals surface area contributed by atoms with Gasteiger partial charge < -0.3 is 10.1 Å². The highest BCUT2D eigenvalue weighted by atomic mass is 32.1. The van der Waals surface area contributed by atoms with E-state index < -0.39 is 6.04 Å². The highest BCUT2D eigenvalue weighted by Crippen LogP contribution is 2.27. The van der Waals surface area contributed by atoms with E-state index in [1.54, 1.807) is 0 Å². The van der Waals surface area contributed by atoms with Gasteiger partial charge in [0, 0.05) is 12.7 Å². The van der Waals surface area contributed by atoms with Gasteiger partial charge >= 0.3 is 0 Å². The van der Waals surface area contributed by atoms with Crippen LogP contribution in [0.2, 0.25) is 0 Å². The maximum absolute atomic E-state index is 12.5. The SMILES string of the molecule is COCC(=O)N[C@@H](C(=O)Nc1nnc(-c2cccc(C)c2)s1)C(C)C. The Kier molecular flexibility index (Phi) is 6.60. The van der Waals surface area contributed by atoms with Crippen molar-refractivity contribution in [2.75, 3.05) is 19.0 Å². The van der Waals surface area contributed by atoms with Gasteiger partial charge in [-0.15, -0.1) is 10.2 Å². The fourth-order valence-corrected chi connectivity index (χ4v) is 2.98. The van der Waals surface area contributed by atoms with Gasteiger partial charge in [0.05, 0.1) is 0 Å². The van der Waals surface area contributed by atoms with Crippen molar-refractivity contribution < 1.29 is 14.3 Å². The van der Waals surface area contributed by atoms with Crippen LogP contribution in [0.4, 0.5) is 5.13 Å². The van der Waals surface area contributed by atoms with Crippen LogP contribution in [0.25, 0.3) is 10.6 Å². The maximum atomic E-state index is 12.5. The Morgan fingerprint density at radius 2 is 2.04 bits per heavy atom. The van der Waals surface area contributed by atoms with E-state index in [2.05, 4.69) is 20.8 Å². The van der Waals surface area contributed by atoms with Gasteiger partial charge in [0.15, 0.2) is 0 Å². The van der Waals surface area contributed by atoms with Gasteiger partial charge in [-0.3, -0.25) is 14.9 Å². The largest absolute Gasteiger partial charge is 0.375 e. The zero-order chi connectivity index (χ0) is 18.4. The number of methoxy groups -OCH3 is 1. The van der Waals surface area contributed by atoms with Crippen LogP contribution in [-0.4, -0.2) is 41.8 Å². The van der Waals surface area contributed by atoms with Crippen molar-refractivity contribution in [3.63, 3.8) is 0 Å². The highest BCUT2D eigenvalue weighted by Gasteiger charge is 2.25. The third kappa shape index (κ3) is 5.33. The Balaban J connectivity index is 2.07. The summed E-state index contributed by atoms with van der Waals surface area (Å²) >= 11 is 1.29. The van der Waals surface area contributed by atoms with Crippen LogP contribution in [0.5, 0.6) is 0 Å². The Morgan fingerprint density at radius 1 is 1.28 bits per heavy atom. The number of amides is 2. The van der Waals surface area contributed by atoms with Gasteiger partial charge in [0.2, 0.25) is 16.9 Å². The minimum Gasteiger partial charge on any atom is -0.375 e. The van der Waals surface area contributed by atoms with Gasteiger partial charge in [-0.05, 0) is 18.9 Å². The molecule has 2 N–H and O–H groups in total. The number of hydrogen-bond acceptors (Lipinski definition) is 6. The number of aromatic nitrogens is 2. The van der Waals surface area contributed by atoms with Gasteiger partial charge in [-0.2, -0.15) is 0 Å². The third-order valence-corrected chi connectivity index (χ3v) is 4.35. The Bertz CT molecular complexity index is 745. The van der Waals surface area contributed by atoms with Crippen molar-refractivity contribution in [1.29, 1.82) is 0 Å². The number of nitrogens with zero attached hydrogens (tertiary/aromatic N) is 2. The smallest absolute Gasteiger partial charge is 0.249 e. The molecule has 2 aromatic rings. The molecule has 0 bridgehead atoms. The van der Waals surface area contributed by atoms with Crippen molar-refractivity contribution >= 4 is 28.3 Å². The van der Waals surface area contributed by atoms with E-state index in [9.17, 15) is 9.59 Å². The molecule has 1 heterocycles. The lowest BCUT2D eigenvalue weighted by atomic mass is 10.0. The van der Waals surface area contributed by atoms with E-state index in [1.807, 2.05) is 45.0 Å². The Labute approximate surface area is 150 Å². The van der Waals surface area contributed by atoms with Crippen molar-refractivity contribution in [3.8, 4) is 10.6 Å². The molecule has 2 rings (SSSR count). The molecule has 0 aliphatic heterocycles. The number of ether oxygens (including phenoxy) is 1. The zero-order valence-electron chi connectivity index (χ0n) is 14.7. The summed E-state index contributed by atoms with van der Waals surface area (Å²) in [6.07, 6.45) is 0. The molecule has 7 nitrogen and oxygen atoms in total. The second-order valence-electron chi connectivity index (χ2n) is 5.99. The van der Waals surface area contributed by atoms with Crippen LogP contribution in [0.1, 0.15) is 19.4 Å². The molecule has 0 fully saturated rings. The van der Waals surface area contributed by atoms with E-state index in [0.717, 1.165) is 16.1 Å². The minimum atomic E-state index is -0.672. The number of rotatable bonds is 7. The van der Waals surface area contributed by atoms with Crippen LogP contribution < -0.4 is 10.6 Å². The van der Waals surface area contributed by atoms with Crippen LogP contribution in [-0.2, 0) is 14.3 Å². The van der Waals surface area contributed by atoms with Crippen LogP contribution in [0, 0.1) is 12.8 Å². The minimum absolute atomic E-state index is 0.0787. The summed E-state index contributed by atoms with van der Waals surface area (Å²) < 4.78 is 4.78. The summed E-state index contributed by atoms with van der Waals surface area (Å²) in [5, 5.41) is 14.7. The van der Waals surface area contributed by atoms with Crippen molar-refractivity contribution in [2.24, 2.45) is 5.92 Å². The standard InChI is InChI=1S/C17H22N4O3S/c1-10(2)14(18-13(22)9-24-4)15(23)19-17-21-20-16(25-17)12-7-5-6-11(3)8-12/h5-8,10,14H,9H2,1-4H3,(H,18,22)(H,19,21,23)/t14-/m1/s1. The summed E-state index contributed by atoms with van der Waals surface area (Å²) in [6.45, 7) is 5.63. The molecule has 0 spiro atoms. The molecule has 1 aromatic heterocycles. The van der Waals surface area contributed by atoms with E-state index in [1.165, 1.54) is 18.4 Å². The summed E-state index contributed by atoms with van der Waals surface area (Å²) in [6, 6.07) is 7.23. The molecule has 0 saturated heterocycles. The molecule has 1 aromatic carbocycles.